The van der Waals surface area contributed by atoms with Crippen molar-refractivity contribution in [2.75, 3.05) is 11.9 Å². The van der Waals surface area contributed by atoms with Crippen LogP contribution in [0.1, 0.15) is 35.3 Å². The summed E-state index contributed by atoms with van der Waals surface area (Å²) in [5.41, 5.74) is 2.93. The van der Waals surface area contributed by atoms with Gasteiger partial charge in [0.15, 0.2) is 6.10 Å². The molecular formula is C20H23NO4. The Hall–Kier alpha value is -2.82. The molecule has 0 fully saturated rings. The van der Waals surface area contributed by atoms with Crippen LogP contribution in [0.4, 0.5) is 5.69 Å². The van der Waals surface area contributed by atoms with E-state index in [-0.39, 0.29) is 5.91 Å². The summed E-state index contributed by atoms with van der Waals surface area (Å²) in [6.45, 7) is 7.57. The van der Waals surface area contributed by atoms with Gasteiger partial charge in [0.1, 0.15) is 5.75 Å². The maximum Gasteiger partial charge on any atom is 0.338 e. The number of benzene rings is 2. The maximum atomic E-state index is 12.4. The van der Waals surface area contributed by atoms with E-state index < -0.39 is 12.1 Å². The molecule has 0 radical (unpaired) electrons. The molecule has 0 saturated heterocycles. The van der Waals surface area contributed by atoms with Crippen molar-refractivity contribution in [2.45, 2.75) is 33.8 Å². The number of rotatable bonds is 6. The molecule has 2 aromatic carbocycles. The molecule has 5 nitrogen and oxygen atoms in total. The second-order valence-electron chi connectivity index (χ2n) is 5.81. The largest absolute Gasteiger partial charge is 0.481 e. The molecular weight excluding hydrogens is 318 g/mol. The molecule has 0 saturated carbocycles. The van der Waals surface area contributed by atoms with Crippen LogP contribution in [0.15, 0.2) is 42.5 Å². The van der Waals surface area contributed by atoms with Crippen LogP contribution in [0.5, 0.6) is 5.75 Å². The Morgan fingerprint density at radius 1 is 1.08 bits per heavy atom. The van der Waals surface area contributed by atoms with Crippen LogP contribution in [0.25, 0.3) is 0 Å². The van der Waals surface area contributed by atoms with Crippen LogP contribution in [0, 0.1) is 13.8 Å². The number of aryl methyl sites for hydroxylation is 2. The molecule has 0 heterocycles. The van der Waals surface area contributed by atoms with Gasteiger partial charge in [0.05, 0.1) is 12.2 Å². The van der Waals surface area contributed by atoms with Crippen LogP contribution < -0.4 is 10.1 Å². The first kappa shape index (κ1) is 18.5. The van der Waals surface area contributed by atoms with E-state index in [1.54, 1.807) is 32.0 Å². The lowest BCUT2D eigenvalue weighted by Gasteiger charge is -2.16. The Balaban J connectivity index is 2.07. The van der Waals surface area contributed by atoms with Gasteiger partial charge in [-0.2, -0.15) is 0 Å². The van der Waals surface area contributed by atoms with E-state index in [1.807, 2.05) is 38.1 Å². The highest BCUT2D eigenvalue weighted by Crippen LogP contribution is 2.19. The number of esters is 1. The molecule has 5 heteroatoms. The van der Waals surface area contributed by atoms with Crippen LogP contribution >= 0.6 is 0 Å². The second-order valence-corrected chi connectivity index (χ2v) is 5.81. The molecule has 1 amide bonds. The number of amides is 1. The second kappa shape index (κ2) is 8.33. The van der Waals surface area contributed by atoms with Gasteiger partial charge in [-0.3, -0.25) is 4.79 Å². The van der Waals surface area contributed by atoms with Crippen molar-refractivity contribution in [1.29, 1.82) is 0 Å². The van der Waals surface area contributed by atoms with E-state index in [2.05, 4.69) is 5.32 Å². The lowest BCUT2D eigenvalue weighted by molar-refractivity contribution is -0.122. The molecule has 2 aromatic rings. The summed E-state index contributed by atoms with van der Waals surface area (Å²) in [4.78, 5) is 24.2. The van der Waals surface area contributed by atoms with Gasteiger partial charge in [0.2, 0.25) is 0 Å². The fourth-order valence-corrected chi connectivity index (χ4v) is 2.21. The van der Waals surface area contributed by atoms with Crippen molar-refractivity contribution in [3.63, 3.8) is 0 Å². The average molecular weight is 341 g/mol. The SMILES string of the molecule is CCOC(=O)c1ccc(C)c(NC(=O)[C@@H](C)Oc2ccc(C)cc2)c1. The summed E-state index contributed by atoms with van der Waals surface area (Å²) in [5.74, 6) is -0.0723. The molecule has 25 heavy (non-hydrogen) atoms. The summed E-state index contributed by atoms with van der Waals surface area (Å²) in [5, 5.41) is 2.81. The number of nitrogens with one attached hydrogen (secondary N) is 1. The fourth-order valence-electron chi connectivity index (χ4n) is 2.21. The van der Waals surface area contributed by atoms with Crippen LogP contribution in [0.2, 0.25) is 0 Å². The first-order chi connectivity index (χ1) is 11.9. The predicted molar refractivity (Wildman–Crippen MR) is 97.0 cm³/mol. The highest BCUT2D eigenvalue weighted by atomic mass is 16.5. The quantitative estimate of drug-likeness (QED) is 0.810. The Kier molecular flexibility index (Phi) is 6.17. The molecule has 0 spiro atoms. The van der Waals surface area contributed by atoms with Gasteiger partial charge in [0.25, 0.3) is 5.91 Å². The Morgan fingerprint density at radius 2 is 1.76 bits per heavy atom. The molecule has 2 rings (SSSR count). The highest BCUT2D eigenvalue weighted by Gasteiger charge is 2.17. The van der Waals surface area contributed by atoms with E-state index >= 15 is 0 Å². The molecule has 132 valence electrons. The van der Waals surface area contributed by atoms with Gasteiger partial charge < -0.3 is 14.8 Å². The van der Waals surface area contributed by atoms with E-state index in [0.717, 1.165) is 11.1 Å². The number of carbonyl (C=O) groups excluding carboxylic acids is 2. The van der Waals surface area contributed by atoms with Crippen molar-refractivity contribution in [3.05, 3.63) is 59.2 Å². The molecule has 0 bridgehead atoms. The smallest absolute Gasteiger partial charge is 0.338 e. The summed E-state index contributed by atoms with van der Waals surface area (Å²) >= 11 is 0. The minimum atomic E-state index is -0.673. The van der Waals surface area contributed by atoms with Crippen LogP contribution in [-0.4, -0.2) is 24.6 Å². The van der Waals surface area contributed by atoms with Crippen molar-refractivity contribution >= 4 is 17.6 Å². The third-order valence-corrected chi connectivity index (χ3v) is 3.71. The minimum absolute atomic E-state index is 0.287. The first-order valence-electron chi connectivity index (χ1n) is 8.22. The van der Waals surface area contributed by atoms with Crippen molar-refractivity contribution in [3.8, 4) is 5.75 Å². The summed E-state index contributed by atoms with van der Waals surface area (Å²) in [6.07, 6.45) is -0.673. The molecule has 0 aliphatic carbocycles. The number of carbonyl (C=O) groups is 2. The van der Waals surface area contributed by atoms with Crippen molar-refractivity contribution < 1.29 is 19.1 Å². The highest BCUT2D eigenvalue weighted by molar-refractivity contribution is 5.97. The summed E-state index contributed by atoms with van der Waals surface area (Å²) < 4.78 is 10.6. The number of hydrogen-bond acceptors (Lipinski definition) is 4. The molecule has 1 atom stereocenters. The van der Waals surface area contributed by atoms with E-state index in [4.69, 9.17) is 9.47 Å². The van der Waals surface area contributed by atoms with Gasteiger partial charge in [-0.25, -0.2) is 4.79 Å². The Morgan fingerprint density at radius 3 is 2.40 bits per heavy atom. The van der Waals surface area contributed by atoms with Crippen LogP contribution in [-0.2, 0) is 9.53 Å². The average Bonchev–Trinajstić information content (AvgIpc) is 2.59. The van der Waals surface area contributed by atoms with Gasteiger partial charge in [-0.1, -0.05) is 23.8 Å². The zero-order valence-electron chi connectivity index (χ0n) is 15.0. The zero-order chi connectivity index (χ0) is 18.4. The minimum Gasteiger partial charge on any atom is -0.481 e. The van der Waals surface area contributed by atoms with Crippen molar-refractivity contribution in [1.82, 2.24) is 0 Å². The molecule has 0 aliphatic rings. The summed E-state index contributed by atoms with van der Waals surface area (Å²) in [7, 11) is 0. The van der Waals surface area contributed by atoms with Gasteiger partial charge in [-0.05, 0) is 57.5 Å². The lowest BCUT2D eigenvalue weighted by atomic mass is 10.1. The van der Waals surface area contributed by atoms with E-state index in [9.17, 15) is 9.59 Å². The molecule has 0 aromatic heterocycles. The third-order valence-electron chi connectivity index (χ3n) is 3.71. The Bertz CT molecular complexity index is 753. The Labute approximate surface area is 148 Å². The topological polar surface area (TPSA) is 64.6 Å². The molecule has 1 N–H and O–H groups in total. The van der Waals surface area contributed by atoms with E-state index in [1.165, 1.54) is 0 Å². The van der Waals surface area contributed by atoms with Gasteiger partial charge in [0, 0.05) is 5.69 Å². The fraction of sp³-hybridized carbons (Fsp3) is 0.300. The van der Waals surface area contributed by atoms with Crippen molar-refractivity contribution in [2.24, 2.45) is 0 Å². The van der Waals surface area contributed by atoms with Crippen LogP contribution in [0.3, 0.4) is 0 Å². The number of hydrogen-bond donors (Lipinski definition) is 1. The molecule has 0 aliphatic heterocycles. The first-order valence-corrected chi connectivity index (χ1v) is 8.22. The maximum absolute atomic E-state index is 12.4. The van der Waals surface area contributed by atoms with Gasteiger partial charge in [-0.15, -0.1) is 0 Å². The standard InChI is InChI=1S/C20H23NO4/c1-5-24-20(23)16-9-8-14(3)18(12-16)21-19(22)15(4)25-17-10-6-13(2)7-11-17/h6-12,15H,5H2,1-4H3,(H,21,22)/t15-/m1/s1. The zero-order valence-corrected chi connectivity index (χ0v) is 15.0. The lowest BCUT2D eigenvalue weighted by Crippen LogP contribution is -2.30. The third kappa shape index (κ3) is 5.08. The number of anilines is 1. The van der Waals surface area contributed by atoms with Gasteiger partial charge >= 0.3 is 5.97 Å². The number of ether oxygens (including phenoxy) is 2. The van der Waals surface area contributed by atoms with E-state index in [0.29, 0.717) is 23.6 Å². The molecule has 0 unspecified atom stereocenters. The summed E-state index contributed by atoms with van der Waals surface area (Å²) in [6, 6.07) is 12.6. The predicted octanol–water partition coefficient (Wildman–Crippen LogP) is 3.89. The monoisotopic (exact) mass is 341 g/mol. The normalized spacial score (nSPS) is 11.5.